The molecule has 0 aliphatic carbocycles. The summed E-state index contributed by atoms with van der Waals surface area (Å²) in [6.45, 7) is 0. The summed E-state index contributed by atoms with van der Waals surface area (Å²) in [6.07, 6.45) is 5.36. The third-order valence-corrected chi connectivity index (χ3v) is 2.03. The van der Waals surface area contributed by atoms with Crippen LogP contribution in [0, 0.1) is 0 Å². The molecule has 2 aromatic heterocycles. The van der Waals surface area contributed by atoms with Gasteiger partial charge in [0.25, 0.3) is 0 Å². The Bertz CT molecular complexity index is 405. The molecular formula is C9H8ClN3. The van der Waals surface area contributed by atoms with Crippen LogP contribution >= 0.6 is 11.6 Å². The smallest absolute Gasteiger partial charge is 0.141 e. The number of pyridine rings is 1. The third kappa shape index (κ3) is 1.55. The van der Waals surface area contributed by atoms with E-state index in [1.165, 1.54) is 0 Å². The highest BCUT2D eigenvalue weighted by Gasteiger charge is 2.02. The second-order valence-corrected chi connectivity index (χ2v) is 3.12. The highest BCUT2D eigenvalue weighted by atomic mass is 35.5. The summed E-state index contributed by atoms with van der Waals surface area (Å²) in [5.41, 5.74) is 0.969. The minimum absolute atomic E-state index is 0.498. The van der Waals surface area contributed by atoms with Gasteiger partial charge < -0.3 is 4.57 Å². The predicted molar refractivity (Wildman–Crippen MR) is 51.4 cm³/mol. The maximum absolute atomic E-state index is 5.67. The van der Waals surface area contributed by atoms with Gasteiger partial charge in [0.05, 0.1) is 0 Å². The molecule has 0 unspecified atom stereocenters. The van der Waals surface area contributed by atoms with Crippen molar-refractivity contribution >= 4 is 11.6 Å². The molecule has 0 spiro atoms. The van der Waals surface area contributed by atoms with Crippen molar-refractivity contribution in [1.82, 2.24) is 14.5 Å². The molecule has 0 fully saturated rings. The molecular weight excluding hydrogens is 186 g/mol. The molecule has 0 N–H and O–H groups in total. The summed E-state index contributed by atoms with van der Waals surface area (Å²) in [7, 11) is 1.94. The van der Waals surface area contributed by atoms with Crippen LogP contribution < -0.4 is 0 Å². The van der Waals surface area contributed by atoms with E-state index in [9.17, 15) is 0 Å². The van der Waals surface area contributed by atoms with Gasteiger partial charge in [-0.3, -0.25) is 0 Å². The molecule has 3 nitrogen and oxygen atoms in total. The molecule has 2 heterocycles. The van der Waals surface area contributed by atoms with Crippen molar-refractivity contribution in [2.75, 3.05) is 0 Å². The maximum atomic E-state index is 5.67. The van der Waals surface area contributed by atoms with E-state index in [0.29, 0.717) is 5.15 Å². The molecule has 2 rings (SSSR count). The largest absolute Gasteiger partial charge is 0.334 e. The van der Waals surface area contributed by atoms with Crippen LogP contribution in [0.25, 0.3) is 11.4 Å². The normalized spacial score (nSPS) is 10.3. The van der Waals surface area contributed by atoms with Crippen molar-refractivity contribution in [3.63, 3.8) is 0 Å². The molecule has 0 saturated carbocycles. The molecule has 0 aromatic carbocycles. The zero-order valence-corrected chi connectivity index (χ0v) is 7.86. The van der Waals surface area contributed by atoms with Crippen molar-refractivity contribution in [3.8, 4) is 11.4 Å². The fourth-order valence-corrected chi connectivity index (χ4v) is 1.26. The molecule has 0 bridgehead atoms. The van der Waals surface area contributed by atoms with Crippen LogP contribution in [-0.2, 0) is 7.05 Å². The number of aryl methyl sites for hydroxylation is 1. The zero-order valence-electron chi connectivity index (χ0n) is 7.11. The van der Waals surface area contributed by atoms with Gasteiger partial charge in [-0.15, -0.1) is 0 Å². The Hall–Kier alpha value is -1.35. The molecule has 13 heavy (non-hydrogen) atoms. The van der Waals surface area contributed by atoms with Gasteiger partial charge in [0.2, 0.25) is 0 Å². The van der Waals surface area contributed by atoms with Gasteiger partial charge in [0.15, 0.2) is 0 Å². The van der Waals surface area contributed by atoms with Crippen LogP contribution in [-0.4, -0.2) is 14.5 Å². The van der Waals surface area contributed by atoms with Crippen molar-refractivity contribution < 1.29 is 0 Å². The second kappa shape index (κ2) is 3.18. The zero-order chi connectivity index (χ0) is 9.26. The van der Waals surface area contributed by atoms with E-state index in [1.54, 1.807) is 18.5 Å². The Labute approximate surface area is 81.0 Å². The molecule has 4 heteroatoms. The summed E-state index contributed by atoms with van der Waals surface area (Å²) < 4.78 is 1.94. The van der Waals surface area contributed by atoms with E-state index in [2.05, 4.69) is 9.97 Å². The van der Waals surface area contributed by atoms with Crippen LogP contribution in [0.5, 0.6) is 0 Å². The van der Waals surface area contributed by atoms with Crippen molar-refractivity contribution in [3.05, 3.63) is 35.9 Å². The fraction of sp³-hybridized carbons (Fsp3) is 0.111. The highest BCUT2D eigenvalue weighted by molar-refractivity contribution is 6.29. The fourth-order valence-electron chi connectivity index (χ4n) is 1.15. The molecule has 66 valence electrons. The number of aromatic nitrogens is 3. The molecule has 2 aromatic rings. The summed E-state index contributed by atoms with van der Waals surface area (Å²) in [5.74, 6) is 0.893. The van der Waals surface area contributed by atoms with Gasteiger partial charge in [-0.1, -0.05) is 11.6 Å². The molecule has 0 aliphatic heterocycles. The number of rotatable bonds is 1. The van der Waals surface area contributed by atoms with Crippen LogP contribution in [0.1, 0.15) is 0 Å². The maximum Gasteiger partial charge on any atom is 0.141 e. The lowest BCUT2D eigenvalue weighted by Gasteiger charge is -2.00. The van der Waals surface area contributed by atoms with Crippen molar-refractivity contribution in [1.29, 1.82) is 0 Å². The molecule has 0 amide bonds. The summed E-state index contributed by atoms with van der Waals surface area (Å²) in [6, 6.07) is 3.66. The average molecular weight is 194 g/mol. The van der Waals surface area contributed by atoms with Crippen molar-refractivity contribution in [2.24, 2.45) is 7.05 Å². The van der Waals surface area contributed by atoms with Crippen LogP contribution in [0.15, 0.2) is 30.7 Å². The Morgan fingerprint density at radius 1 is 1.31 bits per heavy atom. The summed E-state index contributed by atoms with van der Waals surface area (Å²) in [4.78, 5) is 8.18. The highest BCUT2D eigenvalue weighted by Crippen LogP contribution is 2.16. The first-order chi connectivity index (χ1) is 6.27. The minimum Gasteiger partial charge on any atom is -0.334 e. The Balaban J connectivity index is 2.47. The number of hydrogen-bond acceptors (Lipinski definition) is 2. The predicted octanol–water partition coefficient (Wildman–Crippen LogP) is 2.14. The average Bonchev–Trinajstić information content (AvgIpc) is 2.53. The number of imidazole rings is 1. The Morgan fingerprint density at radius 3 is 2.69 bits per heavy atom. The first-order valence-electron chi connectivity index (χ1n) is 3.86. The van der Waals surface area contributed by atoms with Gasteiger partial charge in [-0.25, -0.2) is 9.97 Å². The van der Waals surface area contributed by atoms with Gasteiger partial charge in [0, 0.05) is 31.2 Å². The summed E-state index contributed by atoms with van der Waals surface area (Å²) in [5, 5.41) is 0.498. The van der Waals surface area contributed by atoms with E-state index < -0.39 is 0 Å². The lowest BCUT2D eigenvalue weighted by atomic mass is 10.3. The number of halogens is 1. The monoisotopic (exact) mass is 193 g/mol. The minimum atomic E-state index is 0.498. The third-order valence-electron chi connectivity index (χ3n) is 1.81. The molecule has 0 saturated heterocycles. The van der Waals surface area contributed by atoms with E-state index in [0.717, 1.165) is 11.4 Å². The van der Waals surface area contributed by atoms with Gasteiger partial charge in [-0.05, 0) is 12.1 Å². The van der Waals surface area contributed by atoms with Crippen LogP contribution in [0.4, 0.5) is 0 Å². The SMILES string of the molecule is Cn1ccnc1-c1ccc(Cl)nc1. The molecule has 0 radical (unpaired) electrons. The molecule has 0 atom stereocenters. The Kier molecular flexibility index (Phi) is 2.02. The summed E-state index contributed by atoms with van der Waals surface area (Å²) >= 11 is 5.67. The van der Waals surface area contributed by atoms with Gasteiger partial charge in [0.1, 0.15) is 11.0 Å². The van der Waals surface area contributed by atoms with E-state index in [4.69, 9.17) is 11.6 Å². The lowest BCUT2D eigenvalue weighted by Crippen LogP contribution is -1.91. The topological polar surface area (TPSA) is 30.7 Å². The van der Waals surface area contributed by atoms with Gasteiger partial charge >= 0.3 is 0 Å². The second-order valence-electron chi connectivity index (χ2n) is 2.73. The Morgan fingerprint density at radius 2 is 2.15 bits per heavy atom. The van der Waals surface area contributed by atoms with Gasteiger partial charge in [-0.2, -0.15) is 0 Å². The first-order valence-corrected chi connectivity index (χ1v) is 4.24. The van der Waals surface area contributed by atoms with E-state index in [1.807, 2.05) is 23.9 Å². The molecule has 0 aliphatic rings. The van der Waals surface area contributed by atoms with E-state index >= 15 is 0 Å². The van der Waals surface area contributed by atoms with Crippen molar-refractivity contribution in [2.45, 2.75) is 0 Å². The quantitative estimate of drug-likeness (QED) is 0.650. The first kappa shape index (κ1) is 8.26. The lowest BCUT2D eigenvalue weighted by molar-refractivity contribution is 0.923. The number of hydrogen-bond donors (Lipinski definition) is 0. The van der Waals surface area contributed by atoms with E-state index in [-0.39, 0.29) is 0 Å². The standard InChI is InChI=1S/C9H8ClN3/c1-13-5-4-11-9(13)7-2-3-8(10)12-6-7/h2-6H,1H3. The van der Waals surface area contributed by atoms with Crippen LogP contribution in [0.2, 0.25) is 5.15 Å². The number of nitrogens with zero attached hydrogens (tertiary/aromatic N) is 3. The van der Waals surface area contributed by atoms with Crippen LogP contribution in [0.3, 0.4) is 0 Å².